The second-order valence-electron chi connectivity index (χ2n) is 6.25. The number of phenolic OH excluding ortho intramolecular Hbond substituents is 2. The number of hydrogen-bond donors (Lipinski definition) is 3. The number of benzene rings is 1. The number of carboxylic acids is 1. The van der Waals surface area contributed by atoms with E-state index in [2.05, 4.69) is 0 Å². The number of carbonyl (C=O) groups is 2. The minimum absolute atomic E-state index is 0.0261. The predicted molar refractivity (Wildman–Crippen MR) is 101 cm³/mol. The lowest BCUT2D eigenvalue weighted by atomic mass is 10.0. The molecule has 1 aromatic rings. The van der Waals surface area contributed by atoms with Gasteiger partial charge in [-0.25, -0.2) is 4.79 Å². The van der Waals surface area contributed by atoms with Crippen LogP contribution in [-0.2, 0) is 16.0 Å². The van der Waals surface area contributed by atoms with Crippen molar-refractivity contribution in [3.8, 4) is 11.5 Å². The summed E-state index contributed by atoms with van der Waals surface area (Å²) in [4.78, 5) is 21.9. The van der Waals surface area contributed by atoms with Crippen LogP contribution in [0.15, 0.2) is 53.1 Å². The lowest BCUT2D eigenvalue weighted by Gasteiger charge is -2.05. The van der Waals surface area contributed by atoms with E-state index in [0.717, 1.165) is 24.7 Å². The number of rotatable bonds is 10. The number of aromatic hydroxyl groups is 2. The average Bonchev–Trinajstić information content (AvgIpc) is 2.60. The molecule has 0 aromatic heterocycles. The highest BCUT2D eigenvalue weighted by Crippen LogP contribution is 2.23. The fourth-order valence-electron chi connectivity index (χ4n) is 2.42. The van der Waals surface area contributed by atoms with Gasteiger partial charge in [0.1, 0.15) is 17.8 Å². The summed E-state index contributed by atoms with van der Waals surface area (Å²) in [5.74, 6) is -0.932. The molecule has 0 bridgehead atoms. The first kappa shape index (κ1) is 21.2. The van der Waals surface area contributed by atoms with Gasteiger partial charge in [-0.15, -0.1) is 0 Å². The van der Waals surface area contributed by atoms with Crippen LogP contribution in [0.25, 0.3) is 0 Å². The monoisotopic (exact) mass is 358 g/mol. The summed E-state index contributed by atoms with van der Waals surface area (Å²) in [7, 11) is 0. The molecule has 0 radical (unpaired) electrons. The molecule has 0 aliphatic heterocycles. The van der Waals surface area contributed by atoms with Crippen LogP contribution in [-0.4, -0.2) is 27.6 Å². The van der Waals surface area contributed by atoms with E-state index in [1.54, 1.807) is 13.0 Å². The molecule has 0 saturated carbocycles. The van der Waals surface area contributed by atoms with Crippen LogP contribution < -0.4 is 0 Å². The molecule has 1 rings (SSSR count). The van der Waals surface area contributed by atoms with Crippen molar-refractivity contribution in [2.24, 2.45) is 0 Å². The SMILES string of the molecule is CC(C=O)=CCCC(C)=CCCC(=CCc1cc(O)ccc1O)C(=O)O. The molecule has 0 spiro atoms. The smallest absolute Gasteiger partial charge is 0.331 e. The lowest BCUT2D eigenvalue weighted by molar-refractivity contribution is -0.132. The number of phenols is 2. The number of allylic oxidation sites excluding steroid dienone is 5. The lowest BCUT2D eigenvalue weighted by Crippen LogP contribution is -2.01. The Hall–Kier alpha value is -2.82. The Kier molecular flexibility index (Phi) is 8.92. The Morgan fingerprint density at radius 1 is 1.04 bits per heavy atom. The molecule has 0 aliphatic rings. The Morgan fingerprint density at radius 3 is 2.38 bits per heavy atom. The summed E-state index contributed by atoms with van der Waals surface area (Å²) in [5, 5.41) is 28.5. The first-order chi connectivity index (χ1) is 12.3. The Morgan fingerprint density at radius 2 is 1.73 bits per heavy atom. The van der Waals surface area contributed by atoms with E-state index in [1.165, 1.54) is 18.2 Å². The number of hydrogen-bond acceptors (Lipinski definition) is 4. The third-order valence-electron chi connectivity index (χ3n) is 4.00. The molecule has 26 heavy (non-hydrogen) atoms. The second-order valence-corrected chi connectivity index (χ2v) is 6.25. The molecule has 0 heterocycles. The zero-order valence-electron chi connectivity index (χ0n) is 15.2. The van der Waals surface area contributed by atoms with Crippen molar-refractivity contribution in [2.75, 3.05) is 0 Å². The van der Waals surface area contributed by atoms with E-state index in [9.17, 15) is 24.9 Å². The summed E-state index contributed by atoms with van der Waals surface area (Å²) in [5.41, 5.74) is 2.61. The van der Waals surface area contributed by atoms with Gasteiger partial charge in [-0.2, -0.15) is 0 Å². The van der Waals surface area contributed by atoms with E-state index in [1.807, 2.05) is 19.1 Å². The maximum atomic E-state index is 11.4. The van der Waals surface area contributed by atoms with Crippen LogP contribution >= 0.6 is 0 Å². The van der Waals surface area contributed by atoms with Crippen LogP contribution in [0.2, 0.25) is 0 Å². The average molecular weight is 358 g/mol. The third-order valence-corrected chi connectivity index (χ3v) is 4.00. The second kappa shape index (κ2) is 10.9. The molecule has 0 aliphatic carbocycles. The molecule has 0 fully saturated rings. The van der Waals surface area contributed by atoms with Gasteiger partial charge in [0.2, 0.25) is 0 Å². The van der Waals surface area contributed by atoms with E-state index >= 15 is 0 Å². The largest absolute Gasteiger partial charge is 0.508 e. The van der Waals surface area contributed by atoms with Crippen molar-refractivity contribution in [2.45, 2.75) is 46.0 Å². The topological polar surface area (TPSA) is 94.8 Å². The van der Waals surface area contributed by atoms with Crippen LogP contribution in [0.3, 0.4) is 0 Å². The molecular formula is C21H26O5. The zero-order valence-corrected chi connectivity index (χ0v) is 15.2. The van der Waals surface area contributed by atoms with Gasteiger partial charge in [0, 0.05) is 11.1 Å². The fourth-order valence-corrected chi connectivity index (χ4v) is 2.42. The third kappa shape index (κ3) is 7.83. The molecule has 0 amide bonds. The number of carboxylic acid groups (broad SMARTS) is 1. The molecule has 0 saturated heterocycles. The van der Waals surface area contributed by atoms with Gasteiger partial charge in [-0.1, -0.05) is 23.8 Å². The molecule has 5 nitrogen and oxygen atoms in total. The van der Waals surface area contributed by atoms with Gasteiger partial charge in [-0.05, 0) is 69.7 Å². The van der Waals surface area contributed by atoms with Gasteiger partial charge in [0.25, 0.3) is 0 Å². The molecule has 5 heteroatoms. The van der Waals surface area contributed by atoms with E-state index in [-0.39, 0.29) is 23.5 Å². The minimum atomic E-state index is -0.986. The highest BCUT2D eigenvalue weighted by atomic mass is 16.4. The van der Waals surface area contributed by atoms with Gasteiger partial charge in [0.05, 0.1) is 0 Å². The summed E-state index contributed by atoms with van der Waals surface area (Å²) < 4.78 is 0. The van der Waals surface area contributed by atoms with Crippen molar-refractivity contribution in [3.05, 3.63) is 58.7 Å². The molecule has 0 unspecified atom stereocenters. The Balaban J connectivity index is 2.62. The van der Waals surface area contributed by atoms with E-state index in [0.29, 0.717) is 24.0 Å². The van der Waals surface area contributed by atoms with Crippen molar-refractivity contribution in [3.63, 3.8) is 0 Å². The van der Waals surface area contributed by atoms with Crippen molar-refractivity contribution < 1.29 is 24.9 Å². The first-order valence-electron chi connectivity index (χ1n) is 8.54. The zero-order chi connectivity index (χ0) is 19.5. The molecule has 3 N–H and O–H groups in total. The molecule has 140 valence electrons. The van der Waals surface area contributed by atoms with E-state index < -0.39 is 5.97 Å². The maximum Gasteiger partial charge on any atom is 0.331 e. The Bertz CT molecular complexity index is 726. The molecule has 1 aromatic carbocycles. The number of carbonyl (C=O) groups excluding carboxylic acids is 1. The van der Waals surface area contributed by atoms with Gasteiger partial charge >= 0.3 is 5.97 Å². The van der Waals surface area contributed by atoms with E-state index in [4.69, 9.17) is 0 Å². The summed E-state index contributed by atoms with van der Waals surface area (Å²) in [6.45, 7) is 3.75. The minimum Gasteiger partial charge on any atom is -0.508 e. The van der Waals surface area contributed by atoms with Crippen LogP contribution in [0.1, 0.15) is 45.1 Å². The fraction of sp³-hybridized carbons (Fsp3) is 0.333. The van der Waals surface area contributed by atoms with Gasteiger partial charge in [-0.3, -0.25) is 4.79 Å². The number of aldehydes is 1. The summed E-state index contributed by atoms with van der Waals surface area (Å²) in [6, 6.07) is 4.18. The van der Waals surface area contributed by atoms with Crippen LogP contribution in [0.5, 0.6) is 11.5 Å². The summed E-state index contributed by atoms with van der Waals surface area (Å²) in [6.07, 6.45) is 9.12. The van der Waals surface area contributed by atoms with Crippen molar-refractivity contribution in [1.82, 2.24) is 0 Å². The number of aliphatic carboxylic acids is 1. The first-order valence-corrected chi connectivity index (χ1v) is 8.54. The highest BCUT2D eigenvalue weighted by Gasteiger charge is 2.08. The highest BCUT2D eigenvalue weighted by molar-refractivity contribution is 5.86. The van der Waals surface area contributed by atoms with Gasteiger partial charge < -0.3 is 15.3 Å². The molecule has 0 atom stereocenters. The van der Waals surface area contributed by atoms with Crippen molar-refractivity contribution >= 4 is 12.3 Å². The normalized spacial score (nSPS) is 12.9. The van der Waals surface area contributed by atoms with Crippen LogP contribution in [0.4, 0.5) is 0 Å². The molecular weight excluding hydrogens is 332 g/mol. The van der Waals surface area contributed by atoms with Gasteiger partial charge in [0.15, 0.2) is 0 Å². The predicted octanol–water partition coefficient (Wildman–Crippen LogP) is 4.30. The maximum absolute atomic E-state index is 11.4. The quantitative estimate of drug-likeness (QED) is 0.251. The standard InChI is InChI=1S/C21H26O5/c1-15(5-3-7-16(2)14-22)6-4-8-17(21(25)26)9-10-18-13-19(23)11-12-20(18)24/h6-7,9,11-14,23-24H,3-5,8,10H2,1-2H3,(H,25,26). The van der Waals surface area contributed by atoms with Crippen LogP contribution in [0, 0.1) is 0 Å². The summed E-state index contributed by atoms with van der Waals surface area (Å²) >= 11 is 0. The Labute approximate surface area is 154 Å². The van der Waals surface area contributed by atoms with Crippen molar-refractivity contribution in [1.29, 1.82) is 0 Å².